The molecule has 20 heavy (non-hydrogen) atoms. The summed E-state index contributed by atoms with van der Waals surface area (Å²) >= 11 is 0. The molecule has 3 nitrogen and oxygen atoms in total. The summed E-state index contributed by atoms with van der Waals surface area (Å²) in [4.78, 5) is 0. The van der Waals surface area contributed by atoms with Gasteiger partial charge in [0.05, 0.1) is 0 Å². The number of nitrogens with zero attached hydrogens (tertiary/aromatic N) is 1. The maximum absolute atomic E-state index is 8.51. The molecule has 0 heterocycles. The van der Waals surface area contributed by atoms with Crippen molar-refractivity contribution < 1.29 is 4.74 Å². The first kappa shape index (κ1) is 16.5. The lowest BCUT2D eigenvalue weighted by molar-refractivity contribution is 0.367. The summed E-state index contributed by atoms with van der Waals surface area (Å²) in [6.07, 6.45) is 3.78. The van der Waals surface area contributed by atoms with Crippen LogP contribution in [0, 0.1) is 17.2 Å². The number of nitrogens with one attached hydrogen (secondary N) is 1. The summed E-state index contributed by atoms with van der Waals surface area (Å²) in [5, 5.41) is 12.0. The largest absolute Gasteiger partial charge is 0.479 e. The minimum absolute atomic E-state index is 0.0997. The molecule has 0 spiro atoms. The Hall–Kier alpha value is -1.53. The molecule has 0 aliphatic rings. The predicted molar refractivity (Wildman–Crippen MR) is 82.5 cm³/mol. The van der Waals surface area contributed by atoms with Crippen molar-refractivity contribution in [2.24, 2.45) is 5.92 Å². The van der Waals surface area contributed by atoms with Crippen LogP contribution in [0.25, 0.3) is 0 Å². The van der Waals surface area contributed by atoms with Crippen LogP contribution >= 0.6 is 0 Å². The summed E-state index contributed by atoms with van der Waals surface area (Å²) in [6, 6.07) is 10.4. The summed E-state index contributed by atoms with van der Waals surface area (Å²) < 4.78 is 5.30. The van der Waals surface area contributed by atoms with Gasteiger partial charge in [-0.1, -0.05) is 38.8 Å². The molecule has 1 aromatic rings. The number of nitriles is 1. The normalized spacial score (nSPS) is 12.2. The molecule has 0 amide bonds. The highest BCUT2D eigenvalue weighted by atomic mass is 16.5. The fraction of sp³-hybridized carbons (Fsp3) is 0.588. The lowest BCUT2D eigenvalue weighted by Gasteiger charge is -2.15. The highest BCUT2D eigenvalue weighted by Crippen LogP contribution is 2.14. The smallest absolute Gasteiger partial charge is 0.174 e. The van der Waals surface area contributed by atoms with E-state index in [2.05, 4.69) is 32.2 Å². The van der Waals surface area contributed by atoms with E-state index in [4.69, 9.17) is 10.00 Å². The lowest BCUT2D eigenvalue weighted by Crippen LogP contribution is -2.25. The van der Waals surface area contributed by atoms with Gasteiger partial charge in [-0.05, 0) is 37.0 Å². The molecule has 3 heteroatoms. The van der Waals surface area contributed by atoms with Crippen molar-refractivity contribution >= 4 is 0 Å². The summed E-state index contributed by atoms with van der Waals surface area (Å²) in [6.45, 7) is 7.71. The Kier molecular flexibility index (Phi) is 7.75. The first-order chi connectivity index (χ1) is 9.61. The third-order valence-corrected chi connectivity index (χ3v) is 3.28. The molecule has 0 bridgehead atoms. The quantitative estimate of drug-likeness (QED) is 0.743. The molecule has 0 radical (unpaired) electrons. The average molecular weight is 274 g/mol. The van der Waals surface area contributed by atoms with Crippen LogP contribution < -0.4 is 10.1 Å². The third-order valence-electron chi connectivity index (χ3n) is 3.28. The van der Waals surface area contributed by atoms with Crippen molar-refractivity contribution in [3.8, 4) is 11.8 Å². The minimum atomic E-state index is 0.0997. The van der Waals surface area contributed by atoms with Crippen molar-refractivity contribution in [3.05, 3.63) is 29.8 Å². The molecule has 1 aromatic carbocycles. The van der Waals surface area contributed by atoms with Crippen molar-refractivity contribution in [2.75, 3.05) is 6.61 Å². The van der Waals surface area contributed by atoms with E-state index >= 15 is 0 Å². The number of benzene rings is 1. The van der Waals surface area contributed by atoms with Crippen LogP contribution in [0.4, 0.5) is 0 Å². The van der Waals surface area contributed by atoms with E-state index in [1.54, 1.807) is 0 Å². The molecule has 0 aliphatic carbocycles. The number of rotatable bonds is 9. The first-order valence-corrected chi connectivity index (χ1v) is 7.44. The second-order valence-corrected chi connectivity index (χ2v) is 5.70. The van der Waals surface area contributed by atoms with E-state index in [0.717, 1.165) is 18.2 Å². The molecule has 0 aromatic heterocycles. The van der Waals surface area contributed by atoms with Gasteiger partial charge >= 0.3 is 0 Å². The zero-order chi connectivity index (χ0) is 14.8. The lowest BCUT2D eigenvalue weighted by atomic mass is 10.0. The molecule has 0 saturated carbocycles. The third kappa shape index (κ3) is 7.16. The standard InChI is InChI=1S/C17H26N2O/c1-14(2)6-4-7-15(3)19-13-16-8-5-9-17(12-16)20-11-10-18/h5,8-9,12,14-15,19H,4,6-7,11,13H2,1-3H3. The van der Waals surface area contributed by atoms with Gasteiger partial charge in [0.15, 0.2) is 6.61 Å². The van der Waals surface area contributed by atoms with Gasteiger partial charge in [0.1, 0.15) is 11.8 Å². The van der Waals surface area contributed by atoms with Crippen LogP contribution in [0.3, 0.4) is 0 Å². The van der Waals surface area contributed by atoms with Gasteiger partial charge in [-0.25, -0.2) is 0 Å². The summed E-state index contributed by atoms with van der Waals surface area (Å²) in [5.74, 6) is 1.55. The van der Waals surface area contributed by atoms with Crippen LogP contribution in [0.5, 0.6) is 5.75 Å². The SMILES string of the molecule is CC(C)CCCC(C)NCc1cccc(OCC#N)c1. The van der Waals surface area contributed by atoms with Crippen LogP contribution in [0.1, 0.15) is 45.6 Å². The van der Waals surface area contributed by atoms with Crippen LogP contribution in [0.15, 0.2) is 24.3 Å². The molecular weight excluding hydrogens is 248 g/mol. The molecule has 110 valence electrons. The monoisotopic (exact) mass is 274 g/mol. The Morgan fingerprint density at radius 2 is 2.05 bits per heavy atom. The highest BCUT2D eigenvalue weighted by molar-refractivity contribution is 5.28. The van der Waals surface area contributed by atoms with E-state index < -0.39 is 0 Å². The van der Waals surface area contributed by atoms with Crippen molar-refractivity contribution in [3.63, 3.8) is 0 Å². The fourth-order valence-corrected chi connectivity index (χ4v) is 2.09. The maximum Gasteiger partial charge on any atom is 0.174 e. The average Bonchev–Trinajstić information content (AvgIpc) is 2.43. The predicted octanol–water partition coefficient (Wildman–Crippen LogP) is 3.89. The highest BCUT2D eigenvalue weighted by Gasteiger charge is 2.03. The van der Waals surface area contributed by atoms with Crippen LogP contribution in [-0.2, 0) is 6.54 Å². The van der Waals surface area contributed by atoms with Crippen molar-refractivity contribution in [1.82, 2.24) is 5.32 Å². The molecular formula is C17H26N2O. The first-order valence-electron chi connectivity index (χ1n) is 7.44. The Labute approximate surface area is 123 Å². The van der Waals surface area contributed by atoms with E-state index in [9.17, 15) is 0 Å². The zero-order valence-corrected chi connectivity index (χ0v) is 12.9. The second-order valence-electron chi connectivity index (χ2n) is 5.70. The van der Waals surface area contributed by atoms with E-state index in [-0.39, 0.29) is 6.61 Å². The zero-order valence-electron chi connectivity index (χ0n) is 12.9. The summed E-state index contributed by atoms with van der Waals surface area (Å²) in [5.41, 5.74) is 1.19. The molecule has 1 N–H and O–H groups in total. The van der Waals surface area contributed by atoms with E-state index in [0.29, 0.717) is 6.04 Å². The van der Waals surface area contributed by atoms with Gasteiger partial charge < -0.3 is 10.1 Å². The van der Waals surface area contributed by atoms with Gasteiger partial charge in [0.25, 0.3) is 0 Å². The second kappa shape index (κ2) is 9.39. The van der Waals surface area contributed by atoms with Gasteiger partial charge in [-0.3, -0.25) is 0 Å². The molecule has 1 unspecified atom stereocenters. The van der Waals surface area contributed by atoms with E-state index in [1.165, 1.54) is 24.8 Å². The van der Waals surface area contributed by atoms with E-state index in [1.807, 2.05) is 24.3 Å². The number of hydrogen-bond acceptors (Lipinski definition) is 3. The summed E-state index contributed by atoms with van der Waals surface area (Å²) in [7, 11) is 0. The molecule has 0 fully saturated rings. The van der Waals surface area contributed by atoms with Gasteiger partial charge in [-0.15, -0.1) is 0 Å². The minimum Gasteiger partial charge on any atom is -0.479 e. The molecule has 1 atom stereocenters. The Morgan fingerprint density at radius 1 is 1.25 bits per heavy atom. The number of ether oxygens (including phenoxy) is 1. The van der Waals surface area contributed by atoms with Crippen LogP contribution in [0.2, 0.25) is 0 Å². The van der Waals surface area contributed by atoms with Crippen molar-refractivity contribution in [1.29, 1.82) is 5.26 Å². The van der Waals surface area contributed by atoms with Gasteiger partial charge in [0.2, 0.25) is 0 Å². The Bertz CT molecular complexity index is 423. The topological polar surface area (TPSA) is 45.0 Å². The molecule has 1 rings (SSSR count). The van der Waals surface area contributed by atoms with Crippen molar-refractivity contribution in [2.45, 2.75) is 52.6 Å². The maximum atomic E-state index is 8.51. The van der Waals surface area contributed by atoms with Gasteiger partial charge in [-0.2, -0.15) is 5.26 Å². The molecule has 0 saturated heterocycles. The van der Waals surface area contributed by atoms with Gasteiger partial charge in [0, 0.05) is 12.6 Å². The Morgan fingerprint density at radius 3 is 2.75 bits per heavy atom. The number of hydrogen-bond donors (Lipinski definition) is 1. The fourth-order valence-electron chi connectivity index (χ4n) is 2.09. The molecule has 0 aliphatic heterocycles. The Balaban J connectivity index is 2.32. The van der Waals surface area contributed by atoms with Crippen LogP contribution in [-0.4, -0.2) is 12.6 Å².